The predicted octanol–water partition coefficient (Wildman–Crippen LogP) is 2.37. The summed E-state index contributed by atoms with van der Waals surface area (Å²) in [5.74, 6) is 1.39. The number of ether oxygens (including phenoxy) is 2. The first-order valence-electron chi connectivity index (χ1n) is 9.72. The maximum atomic E-state index is 12.6. The molecule has 1 aliphatic heterocycles. The Labute approximate surface area is 171 Å². The molecule has 1 saturated heterocycles. The normalized spacial score (nSPS) is 15.8. The number of pyridine rings is 1. The Balaban J connectivity index is 1.50. The van der Waals surface area contributed by atoms with Crippen LogP contribution < -0.4 is 14.8 Å². The van der Waals surface area contributed by atoms with E-state index in [2.05, 4.69) is 10.3 Å². The van der Waals surface area contributed by atoms with Crippen LogP contribution in [0.5, 0.6) is 11.5 Å². The van der Waals surface area contributed by atoms with Gasteiger partial charge >= 0.3 is 0 Å². The number of amides is 2. The molecule has 0 bridgehead atoms. The molecule has 1 fully saturated rings. The molecule has 2 amide bonds. The molecule has 3 rings (SSSR count). The number of carbonyl (C=O) groups is 2. The maximum Gasteiger partial charge on any atom is 0.255 e. The fraction of sp³-hybridized carbons (Fsp3) is 0.409. The predicted molar refractivity (Wildman–Crippen MR) is 109 cm³/mol. The second-order valence-corrected chi connectivity index (χ2v) is 7.17. The highest BCUT2D eigenvalue weighted by Gasteiger charge is 2.28. The van der Waals surface area contributed by atoms with Crippen LogP contribution in [-0.4, -0.2) is 55.0 Å². The summed E-state index contributed by atoms with van der Waals surface area (Å²) in [4.78, 5) is 30.9. The number of rotatable bonds is 7. The van der Waals surface area contributed by atoms with Gasteiger partial charge in [-0.3, -0.25) is 14.6 Å². The Morgan fingerprint density at radius 2 is 2.03 bits per heavy atom. The molecule has 2 heterocycles. The highest BCUT2D eigenvalue weighted by molar-refractivity contribution is 5.94. The van der Waals surface area contributed by atoms with E-state index in [1.165, 1.54) is 0 Å². The first-order chi connectivity index (χ1) is 14.0. The van der Waals surface area contributed by atoms with E-state index in [1.54, 1.807) is 31.4 Å². The molecule has 0 radical (unpaired) electrons. The zero-order valence-corrected chi connectivity index (χ0v) is 17.1. The number of aromatic nitrogens is 1. The van der Waals surface area contributed by atoms with Crippen LogP contribution in [0.1, 0.15) is 34.5 Å². The van der Waals surface area contributed by atoms with Gasteiger partial charge < -0.3 is 19.7 Å². The van der Waals surface area contributed by atoms with Gasteiger partial charge in [0.25, 0.3) is 5.91 Å². The summed E-state index contributed by atoms with van der Waals surface area (Å²) < 4.78 is 10.6. The topological polar surface area (TPSA) is 80.8 Å². The Morgan fingerprint density at radius 3 is 2.72 bits per heavy atom. The Hall–Kier alpha value is -3.09. The molecule has 1 aromatic carbocycles. The van der Waals surface area contributed by atoms with Crippen molar-refractivity contribution in [3.8, 4) is 11.5 Å². The van der Waals surface area contributed by atoms with Gasteiger partial charge in [-0.05, 0) is 55.7 Å². The fourth-order valence-corrected chi connectivity index (χ4v) is 3.46. The fourth-order valence-electron chi connectivity index (χ4n) is 3.46. The van der Waals surface area contributed by atoms with Crippen LogP contribution in [0, 0.1) is 6.92 Å². The van der Waals surface area contributed by atoms with E-state index in [-0.39, 0.29) is 17.9 Å². The van der Waals surface area contributed by atoms with Crippen LogP contribution in [0.4, 0.5) is 0 Å². The third kappa shape index (κ3) is 5.25. The number of carbonyl (C=O) groups excluding carboxylic acids is 2. The molecular weight excluding hydrogens is 370 g/mol. The van der Waals surface area contributed by atoms with E-state index in [4.69, 9.17) is 9.47 Å². The molecular formula is C22H27N3O4. The van der Waals surface area contributed by atoms with Crippen LogP contribution in [-0.2, 0) is 11.2 Å². The molecule has 7 heteroatoms. The van der Waals surface area contributed by atoms with Crippen molar-refractivity contribution in [3.05, 3.63) is 53.3 Å². The van der Waals surface area contributed by atoms with Gasteiger partial charge in [0.05, 0.1) is 19.8 Å². The summed E-state index contributed by atoms with van der Waals surface area (Å²) in [5.41, 5.74) is 2.38. The minimum Gasteiger partial charge on any atom is -0.497 e. The first-order valence-corrected chi connectivity index (χ1v) is 9.72. The van der Waals surface area contributed by atoms with Crippen LogP contribution in [0.25, 0.3) is 0 Å². The second-order valence-electron chi connectivity index (χ2n) is 7.17. The highest BCUT2D eigenvalue weighted by atomic mass is 16.5. The van der Waals surface area contributed by atoms with E-state index in [1.807, 2.05) is 31.2 Å². The number of likely N-dealkylation sites (tertiary alicyclic amines) is 1. The van der Waals surface area contributed by atoms with Gasteiger partial charge in [-0.1, -0.05) is 0 Å². The van der Waals surface area contributed by atoms with Gasteiger partial charge in [-0.2, -0.15) is 0 Å². The molecule has 0 spiro atoms. The Morgan fingerprint density at radius 1 is 1.21 bits per heavy atom. The van der Waals surface area contributed by atoms with Crippen LogP contribution in [0.15, 0.2) is 36.5 Å². The zero-order chi connectivity index (χ0) is 20.8. The van der Waals surface area contributed by atoms with Gasteiger partial charge in [0.1, 0.15) is 11.5 Å². The minimum absolute atomic E-state index is 0.0305. The van der Waals surface area contributed by atoms with Crippen molar-refractivity contribution in [2.75, 3.05) is 27.3 Å². The molecule has 1 aromatic heterocycles. The van der Waals surface area contributed by atoms with Gasteiger partial charge in [0, 0.05) is 37.4 Å². The number of hydrogen-bond acceptors (Lipinski definition) is 5. The van der Waals surface area contributed by atoms with E-state index >= 15 is 0 Å². The lowest BCUT2D eigenvalue weighted by Crippen LogP contribution is -2.38. The van der Waals surface area contributed by atoms with Gasteiger partial charge in [-0.15, -0.1) is 0 Å². The van der Waals surface area contributed by atoms with Crippen molar-refractivity contribution < 1.29 is 19.1 Å². The largest absolute Gasteiger partial charge is 0.497 e. The van der Waals surface area contributed by atoms with Crippen molar-refractivity contribution in [2.24, 2.45) is 0 Å². The average molecular weight is 397 g/mol. The van der Waals surface area contributed by atoms with Crippen molar-refractivity contribution >= 4 is 11.8 Å². The molecule has 29 heavy (non-hydrogen) atoms. The number of hydrogen-bond donors (Lipinski definition) is 1. The lowest BCUT2D eigenvalue weighted by Gasteiger charge is -2.17. The van der Waals surface area contributed by atoms with Crippen molar-refractivity contribution in [1.82, 2.24) is 15.2 Å². The summed E-state index contributed by atoms with van der Waals surface area (Å²) in [7, 11) is 3.22. The summed E-state index contributed by atoms with van der Waals surface area (Å²) in [6.45, 7) is 3.03. The maximum absolute atomic E-state index is 12.6. The lowest BCUT2D eigenvalue weighted by atomic mass is 10.1. The van der Waals surface area contributed by atoms with Crippen molar-refractivity contribution in [2.45, 2.75) is 32.2 Å². The molecule has 2 aromatic rings. The molecule has 0 aliphatic carbocycles. The first kappa shape index (κ1) is 20.6. The SMILES string of the molecule is COc1ccc(OC)c(CCC(=O)N[C@@H]2CCN(C(=O)c3ccc(C)nc3)C2)c1. The van der Waals surface area contributed by atoms with Gasteiger partial charge in [0.15, 0.2) is 0 Å². The standard InChI is InChI=1S/C22H27N3O4/c1-15-4-5-17(13-23-15)22(27)25-11-10-18(14-25)24-21(26)9-6-16-12-19(28-2)7-8-20(16)29-3/h4-5,7-8,12-13,18H,6,9-11,14H2,1-3H3,(H,24,26)/t18-/m1/s1. The summed E-state index contributed by atoms with van der Waals surface area (Å²) in [6.07, 6.45) is 3.25. The number of nitrogens with zero attached hydrogens (tertiary/aromatic N) is 2. The Bertz CT molecular complexity index is 867. The monoisotopic (exact) mass is 397 g/mol. The van der Waals surface area contributed by atoms with Crippen LogP contribution in [0.3, 0.4) is 0 Å². The third-order valence-electron chi connectivity index (χ3n) is 5.11. The lowest BCUT2D eigenvalue weighted by molar-refractivity contribution is -0.121. The number of methoxy groups -OCH3 is 2. The van der Waals surface area contributed by atoms with Crippen molar-refractivity contribution in [1.29, 1.82) is 0 Å². The highest BCUT2D eigenvalue weighted by Crippen LogP contribution is 2.25. The summed E-state index contributed by atoms with van der Waals surface area (Å²) >= 11 is 0. The van der Waals surface area contributed by atoms with Crippen LogP contribution >= 0.6 is 0 Å². The minimum atomic E-state index is -0.0460. The van der Waals surface area contributed by atoms with Gasteiger partial charge in [-0.25, -0.2) is 0 Å². The van der Waals surface area contributed by atoms with Crippen LogP contribution in [0.2, 0.25) is 0 Å². The summed E-state index contributed by atoms with van der Waals surface area (Å²) in [6, 6.07) is 9.14. The molecule has 0 unspecified atom stereocenters. The molecule has 154 valence electrons. The Kier molecular flexibility index (Phi) is 6.69. The number of benzene rings is 1. The zero-order valence-electron chi connectivity index (χ0n) is 17.1. The third-order valence-corrected chi connectivity index (χ3v) is 5.11. The van der Waals surface area contributed by atoms with E-state index in [0.29, 0.717) is 31.5 Å². The summed E-state index contributed by atoms with van der Waals surface area (Å²) in [5, 5.41) is 3.04. The van der Waals surface area contributed by atoms with Gasteiger partial charge in [0.2, 0.25) is 5.91 Å². The smallest absolute Gasteiger partial charge is 0.255 e. The van der Waals surface area contributed by atoms with Crippen molar-refractivity contribution in [3.63, 3.8) is 0 Å². The van der Waals surface area contributed by atoms with E-state index in [9.17, 15) is 9.59 Å². The van der Waals surface area contributed by atoms with E-state index in [0.717, 1.165) is 29.2 Å². The number of nitrogens with one attached hydrogen (secondary N) is 1. The molecule has 1 aliphatic rings. The second kappa shape index (κ2) is 9.41. The molecule has 7 nitrogen and oxygen atoms in total. The molecule has 1 atom stereocenters. The quantitative estimate of drug-likeness (QED) is 0.776. The van der Waals surface area contributed by atoms with E-state index < -0.39 is 0 Å². The molecule has 1 N–H and O–H groups in total. The number of aryl methyl sites for hydroxylation is 2. The molecule has 0 saturated carbocycles. The average Bonchev–Trinajstić information content (AvgIpc) is 3.20.